The van der Waals surface area contributed by atoms with Gasteiger partial charge in [-0.15, -0.1) is 0 Å². The summed E-state index contributed by atoms with van der Waals surface area (Å²) in [6.45, 7) is 3.71. The van der Waals surface area contributed by atoms with Gasteiger partial charge in [-0.3, -0.25) is 4.79 Å². The molecule has 4 rings (SSSR count). The number of nitriles is 1. The molecule has 3 aromatic carbocycles. The molecule has 5 nitrogen and oxygen atoms in total. The molecule has 0 saturated carbocycles. The highest BCUT2D eigenvalue weighted by Gasteiger charge is 2.36. The lowest BCUT2D eigenvalue weighted by atomic mass is 10.0. The fraction of sp³-hybridized carbons (Fsp3) is 0.0833. The number of anilines is 2. The Morgan fingerprint density at radius 1 is 0.967 bits per heavy atom. The summed E-state index contributed by atoms with van der Waals surface area (Å²) in [5.41, 5.74) is 3.68. The highest BCUT2D eigenvalue weighted by Crippen LogP contribution is 2.40. The number of ketones is 1. The third-order valence-corrected chi connectivity index (χ3v) is 6.87. The number of sulfone groups is 1. The number of carbonyl (C=O) groups excluding carboxylic acids is 1. The molecule has 1 aliphatic heterocycles. The van der Waals surface area contributed by atoms with Gasteiger partial charge in [0, 0.05) is 17.5 Å². The number of benzene rings is 3. The van der Waals surface area contributed by atoms with Crippen LogP contribution in [0.25, 0.3) is 0 Å². The molecule has 148 valence electrons. The first-order chi connectivity index (χ1) is 14.3. The number of Topliss-reactive ketones (excluding diaryl/α,β-unsaturated/α-hetero) is 1. The lowest BCUT2D eigenvalue weighted by molar-refractivity contribution is 0.104. The molecule has 0 amide bonds. The number of hydrogen-bond donors (Lipinski definition) is 0. The number of rotatable bonds is 3. The maximum absolute atomic E-state index is 13.3. The normalized spacial score (nSPS) is 14.4. The van der Waals surface area contributed by atoms with E-state index in [4.69, 9.17) is 5.26 Å². The molecular weight excluding hydrogens is 396 g/mol. The number of carbonyl (C=O) groups is 1. The molecule has 6 heteroatoms. The average molecular weight is 414 g/mol. The molecule has 1 heterocycles. The summed E-state index contributed by atoms with van der Waals surface area (Å²) in [6, 6.07) is 20.7. The van der Waals surface area contributed by atoms with E-state index >= 15 is 0 Å². The first-order valence-electron chi connectivity index (χ1n) is 9.30. The number of nitrogens with zero attached hydrogens (tertiary/aromatic N) is 2. The molecule has 0 aromatic heterocycles. The van der Waals surface area contributed by atoms with E-state index in [9.17, 15) is 13.2 Å². The van der Waals surface area contributed by atoms with E-state index in [0.29, 0.717) is 22.5 Å². The topological polar surface area (TPSA) is 78.2 Å². The van der Waals surface area contributed by atoms with E-state index < -0.39 is 15.6 Å². The van der Waals surface area contributed by atoms with Crippen LogP contribution in [0, 0.1) is 25.2 Å². The van der Waals surface area contributed by atoms with Gasteiger partial charge < -0.3 is 4.90 Å². The van der Waals surface area contributed by atoms with Crippen LogP contribution in [0.2, 0.25) is 0 Å². The minimum atomic E-state index is -3.99. The molecule has 0 radical (unpaired) electrons. The van der Waals surface area contributed by atoms with Gasteiger partial charge in [-0.05, 0) is 55.8 Å². The van der Waals surface area contributed by atoms with Gasteiger partial charge >= 0.3 is 0 Å². The Balaban J connectivity index is 1.91. The van der Waals surface area contributed by atoms with Crippen LogP contribution in [0.4, 0.5) is 11.4 Å². The van der Waals surface area contributed by atoms with Gasteiger partial charge in [0.1, 0.15) is 4.91 Å². The van der Waals surface area contributed by atoms with Crippen LogP contribution >= 0.6 is 0 Å². The number of allylic oxidation sites excluding steroid dienone is 1. The van der Waals surface area contributed by atoms with Crippen LogP contribution in [0.3, 0.4) is 0 Å². The lowest BCUT2D eigenvalue weighted by Gasteiger charge is -2.29. The summed E-state index contributed by atoms with van der Waals surface area (Å²) >= 11 is 0. The molecule has 0 atom stereocenters. The largest absolute Gasteiger partial charge is 0.314 e. The monoisotopic (exact) mass is 414 g/mol. The maximum Gasteiger partial charge on any atom is 0.214 e. The molecule has 0 unspecified atom stereocenters. The number of fused-ring (bicyclic) bond motifs is 1. The van der Waals surface area contributed by atoms with Gasteiger partial charge in [0.25, 0.3) is 0 Å². The fourth-order valence-corrected chi connectivity index (χ4v) is 5.08. The van der Waals surface area contributed by atoms with Gasteiger partial charge in [0.15, 0.2) is 0 Å². The number of aryl methyl sites for hydroxylation is 2. The summed E-state index contributed by atoms with van der Waals surface area (Å²) in [5.74, 6) is -0.541. The smallest absolute Gasteiger partial charge is 0.214 e. The van der Waals surface area contributed by atoms with Crippen molar-refractivity contribution in [3.63, 3.8) is 0 Å². The maximum atomic E-state index is 13.3. The van der Waals surface area contributed by atoms with Gasteiger partial charge in [-0.1, -0.05) is 35.9 Å². The summed E-state index contributed by atoms with van der Waals surface area (Å²) in [5, 5.41) is 9.05. The van der Waals surface area contributed by atoms with Crippen LogP contribution < -0.4 is 4.90 Å². The van der Waals surface area contributed by atoms with Crippen molar-refractivity contribution in [1.82, 2.24) is 0 Å². The zero-order valence-electron chi connectivity index (χ0n) is 16.5. The van der Waals surface area contributed by atoms with Crippen molar-refractivity contribution in [2.24, 2.45) is 0 Å². The molecule has 0 N–H and O–H groups in total. The lowest BCUT2D eigenvalue weighted by Crippen LogP contribution is -2.26. The molecule has 0 saturated heterocycles. The second-order valence-electron chi connectivity index (χ2n) is 7.14. The van der Waals surface area contributed by atoms with Crippen molar-refractivity contribution in [3.8, 4) is 6.07 Å². The summed E-state index contributed by atoms with van der Waals surface area (Å²) in [4.78, 5) is 14.8. The third-order valence-electron chi connectivity index (χ3n) is 5.08. The second-order valence-corrected chi connectivity index (χ2v) is 9.03. The fourth-order valence-electron chi connectivity index (χ4n) is 3.55. The van der Waals surface area contributed by atoms with E-state index in [2.05, 4.69) is 6.07 Å². The van der Waals surface area contributed by atoms with Crippen molar-refractivity contribution in [2.75, 3.05) is 4.90 Å². The van der Waals surface area contributed by atoms with Crippen LogP contribution in [0.15, 0.2) is 82.7 Å². The van der Waals surface area contributed by atoms with Gasteiger partial charge in [0.05, 0.1) is 22.2 Å². The molecule has 1 aliphatic rings. The quantitative estimate of drug-likeness (QED) is 0.574. The Morgan fingerprint density at radius 2 is 1.67 bits per heavy atom. The second kappa shape index (κ2) is 7.29. The van der Waals surface area contributed by atoms with Crippen molar-refractivity contribution >= 4 is 27.0 Å². The van der Waals surface area contributed by atoms with Crippen LogP contribution in [-0.2, 0) is 9.84 Å². The van der Waals surface area contributed by atoms with Gasteiger partial charge in [-0.25, -0.2) is 8.42 Å². The van der Waals surface area contributed by atoms with Crippen LogP contribution in [-0.4, -0.2) is 14.2 Å². The molecular formula is C24H18N2O3S. The third kappa shape index (κ3) is 3.19. The molecule has 30 heavy (non-hydrogen) atoms. The van der Waals surface area contributed by atoms with E-state index in [-0.39, 0.29) is 9.80 Å². The molecule has 0 fully saturated rings. The zero-order chi connectivity index (χ0) is 21.5. The summed E-state index contributed by atoms with van der Waals surface area (Å²) in [6.07, 6.45) is 1.38. The van der Waals surface area contributed by atoms with E-state index in [0.717, 1.165) is 11.1 Å². The highest BCUT2D eigenvalue weighted by atomic mass is 32.2. The number of para-hydroxylation sites is 1. The van der Waals surface area contributed by atoms with Gasteiger partial charge in [-0.2, -0.15) is 5.26 Å². The SMILES string of the molecule is Cc1ccc(C(=O)C2=CN(c3ccc(C#N)cc3)c3ccccc3S2(=O)=O)c(C)c1. The predicted molar refractivity (Wildman–Crippen MR) is 115 cm³/mol. The minimum Gasteiger partial charge on any atom is -0.314 e. The van der Waals surface area contributed by atoms with Crippen molar-refractivity contribution in [2.45, 2.75) is 18.7 Å². The standard InChI is InChI=1S/C24H18N2O3S/c1-16-7-12-20(17(2)13-16)24(27)23-15-26(19-10-8-18(14-25)9-11-19)21-5-3-4-6-22(21)30(23,28)29/h3-13,15H,1-2H3. The summed E-state index contributed by atoms with van der Waals surface area (Å²) in [7, 11) is -3.99. The Hall–Kier alpha value is -3.69. The Bertz CT molecular complexity index is 1350. The van der Waals surface area contributed by atoms with Gasteiger partial charge in [0.2, 0.25) is 15.6 Å². The highest BCUT2D eigenvalue weighted by molar-refractivity contribution is 7.96. The molecule has 0 bridgehead atoms. The van der Waals surface area contributed by atoms with Crippen molar-refractivity contribution < 1.29 is 13.2 Å². The summed E-state index contributed by atoms with van der Waals surface area (Å²) < 4.78 is 26.6. The Labute approximate surface area is 175 Å². The van der Waals surface area contributed by atoms with Crippen molar-refractivity contribution in [1.29, 1.82) is 5.26 Å². The molecule has 3 aromatic rings. The van der Waals surface area contributed by atoms with E-state index in [1.807, 2.05) is 13.0 Å². The van der Waals surface area contributed by atoms with Crippen LogP contribution in [0.5, 0.6) is 0 Å². The molecule has 0 aliphatic carbocycles. The average Bonchev–Trinajstić information content (AvgIpc) is 2.74. The zero-order valence-corrected chi connectivity index (χ0v) is 17.3. The van der Waals surface area contributed by atoms with Crippen molar-refractivity contribution in [3.05, 3.63) is 100 Å². The number of hydrogen-bond acceptors (Lipinski definition) is 5. The Kier molecular flexibility index (Phi) is 4.76. The molecule has 0 spiro atoms. The first kappa shape index (κ1) is 19.6. The van der Waals surface area contributed by atoms with E-state index in [1.165, 1.54) is 12.3 Å². The predicted octanol–water partition coefficient (Wildman–Crippen LogP) is 4.82. The minimum absolute atomic E-state index is 0.0741. The Morgan fingerprint density at radius 3 is 2.33 bits per heavy atom. The van der Waals surface area contributed by atoms with Crippen LogP contribution in [0.1, 0.15) is 27.0 Å². The first-order valence-corrected chi connectivity index (χ1v) is 10.8. The van der Waals surface area contributed by atoms with E-state index in [1.54, 1.807) is 66.4 Å².